The molecule has 0 saturated carbocycles. The van der Waals surface area contributed by atoms with Gasteiger partial charge in [0, 0.05) is 21.9 Å². The van der Waals surface area contributed by atoms with Crippen LogP contribution in [0.15, 0.2) is 22.8 Å². The van der Waals surface area contributed by atoms with Crippen LogP contribution in [0, 0.1) is 0 Å². The maximum Gasteiger partial charge on any atom is 0.0413 e. The second-order valence-corrected chi connectivity index (χ2v) is 5.66. The van der Waals surface area contributed by atoms with Gasteiger partial charge in [-0.3, -0.25) is 4.98 Å². The van der Waals surface area contributed by atoms with Gasteiger partial charge in [0.25, 0.3) is 0 Å². The topological polar surface area (TPSA) is 24.9 Å². The van der Waals surface area contributed by atoms with Crippen molar-refractivity contribution >= 4 is 15.9 Å². The lowest BCUT2D eigenvalue weighted by atomic mass is 10.1. The summed E-state index contributed by atoms with van der Waals surface area (Å²) in [5.41, 5.74) is 1.38. The summed E-state index contributed by atoms with van der Waals surface area (Å²) in [4.78, 5) is 4.34. The van der Waals surface area contributed by atoms with Crippen molar-refractivity contribution in [3.63, 3.8) is 0 Å². The minimum absolute atomic E-state index is 0.215. The SMILES string of the molecule is CC(C)(C)NCCCc1ccc(Br)cn1. The molecule has 0 aliphatic heterocycles. The molecule has 2 nitrogen and oxygen atoms in total. The normalized spacial score (nSPS) is 11.7. The van der Waals surface area contributed by atoms with Gasteiger partial charge in [-0.1, -0.05) is 0 Å². The fraction of sp³-hybridized carbons (Fsp3) is 0.583. The lowest BCUT2D eigenvalue weighted by Crippen LogP contribution is -2.36. The van der Waals surface area contributed by atoms with Crippen LogP contribution in [0.3, 0.4) is 0 Å². The number of halogens is 1. The molecule has 0 amide bonds. The van der Waals surface area contributed by atoms with Crippen LogP contribution in [-0.2, 0) is 6.42 Å². The lowest BCUT2D eigenvalue weighted by Gasteiger charge is -2.20. The third-order valence-electron chi connectivity index (χ3n) is 2.05. The molecule has 84 valence electrons. The van der Waals surface area contributed by atoms with Gasteiger partial charge in [0.1, 0.15) is 0 Å². The molecule has 0 radical (unpaired) electrons. The summed E-state index contributed by atoms with van der Waals surface area (Å²) in [7, 11) is 0. The zero-order valence-corrected chi connectivity index (χ0v) is 11.3. The molecule has 1 rings (SSSR count). The summed E-state index contributed by atoms with van der Waals surface area (Å²) in [6, 6.07) is 4.11. The first-order valence-electron chi connectivity index (χ1n) is 5.33. The van der Waals surface area contributed by atoms with Crippen LogP contribution in [-0.4, -0.2) is 17.1 Å². The van der Waals surface area contributed by atoms with Gasteiger partial charge < -0.3 is 5.32 Å². The van der Waals surface area contributed by atoms with Crippen molar-refractivity contribution in [3.8, 4) is 0 Å². The van der Waals surface area contributed by atoms with Crippen LogP contribution in [0.2, 0.25) is 0 Å². The molecule has 0 unspecified atom stereocenters. The number of nitrogens with one attached hydrogen (secondary N) is 1. The highest BCUT2D eigenvalue weighted by Gasteiger charge is 2.07. The average Bonchev–Trinajstić information content (AvgIpc) is 2.14. The van der Waals surface area contributed by atoms with Crippen molar-refractivity contribution in [1.29, 1.82) is 0 Å². The zero-order valence-electron chi connectivity index (χ0n) is 9.68. The second-order valence-electron chi connectivity index (χ2n) is 4.75. The molecule has 0 aliphatic rings. The van der Waals surface area contributed by atoms with Crippen molar-refractivity contribution in [2.45, 2.75) is 39.2 Å². The van der Waals surface area contributed by atoms with Gasteiger partial charge in [0.15, 0.2) is 0 Å². The first kappa shape index (κ1) is 12.7. The Bertz CT molecular complexity index is 287. The highest BCUT2D eigenvalue weighted by Crippen LogP contribution is 2.08. The molecule has 0 saturated heterocycles. The minimum atomic E-state index is 0.215. The summed E-state index contributed by atoms with van der Waals surface area (Å²) in [6.07, 6.45) is 4.02. The largest absolute Gasteiger partial charge is 0.312 e. The van der Waals surface area contributed by atoms with Gasteiger partial charge in [0.05, 0.1) is 0 Å². The molecule has 0 atom stereocenters. The Morgan fingerprint density at radius 1 is 1.33 bits per heavy atom. The number of hydrogen-bond donors (Lipinski definition) is 1. The van der Waals surface area contributed by atoms with E-state index in [-0.39, 0.29) is 5.54 Å². The van der Waals surface area contributed by atoms with Crippen molar-refractivity contribution in [2.24, 2.45) is 0 Å². The summed E-state index contributed by atoms with van der Waals surface area (Å²) in [5, 5.41) is 3.47. The van der Waals surface area contributed by atoms with Gasteiger partial charge in [-0.25, -0.2) is 0 Å². The van der Waals surface area contributed by atoms with Crippen molar-refractivity contribution < 1.29 is 0 Å². The van der Waals surface area contributed by atoms with E-state index in [9.17, 15) is 0 Å². The molecule has 15 heavy (non-hydrogen) atoms. The highest BCUT2D eigenvalue weighted by molar-refractivity contribution is 9.10. The van der Waals surface area contributed by atoms with E-state index < -0.39 is 0 Å². The third kappa shape index (κ3) is 5.90. The maximum absolute atomic E-state index is 4.34. The third-order valence-corrected chi connectivity index (χ3v) is 2.52. The van der Waals surface area contributed by atoms with E-state index >= 15 is 0 Å². The molecule has 1 heterocycles. The molecule has 1 N–H and O–H groups in total. The number of rotatable bonds is 4. The summed E-state index contributed by atoms with van der Waals surface area (Å²) < 4.78 is 1.04. The quantitative estimate of drug-likeness (QED) is 0.851. The monoisotopic (exact) mass is 270 g/mol. The fourth-order valence-corrected chi connectivity index (χ4v) is 1.52. The predicted molar refractivity (Wildman–Crippen MR) is 68.0 cm³/mol. The van der Waals surface area contributed by atoms with Crippen LogP contribution in [0.5, 0.6) is 0 Å². The molecular weight excluding hydrogens is 252 g/mol. The fourth-order valence-electron chi connectivity index (χ4n) is 1.29. The van der Waals surface area contributed by atoms with E-state index in [1.165, 1.54) is 0 Å². The Kier molecular flexibility index (Phi) is 4.74. The first-order valence-corrected chi connectivity index (χ1v) is 6.12. The maximum atomic E-state index is 4.34. The molecular formula is C12H19BrN2. The Labute approximate surface area is 101 Å². The first-order chi connectivity index (χ1) is 6.97. The Balaban J connectivity index is 2.23. The van der Waals surface area contributed by atoms with Crippen LogP contribution >= 0.6 is 15.9 Å². The van der Waals surface area contributed by atoms with Crippen LogP contribution in [0.1, 0.15) is 32.9 Å². The standard InChI is InChI=1S/C12H19BrN2/c1-12(2,3)15-8-4-5-11-7-6-10(13)9-14-11/h6-7,9,15H,4-5,8H2,1-3H3. The van der Waals surface area contributed by atoms with E-state index in [4.69, 9.17) is 0 Å². The van der Waals surface area contributed by atoms with Gasteiger partial charge in [0.2, 0.25) is 0 Å². The molecule has 3 heteroatoms. The van der Waals surface area contributed by atoms with Gasteiger partial charge in [-0.05, 0) is 68.2 Å². The number of nitrogens with zero attached hydrogens (tertiary/aromatic N) is 1. The van der Waals surface area contributed by atoms with E-state index in [2.05, 4.69) is 53.1 Å². The van der Waals surface area contributed by atoms with E-state index in [1.807, 2.05) is 12.3 Å². The molecule has 0 aromatic carbocycles. The van der Waals surface area contributed by atoms with Crippen LogP contribution < -0.4 is 5.32 Å². The Morgan fingerprint density at radius 3 is 2.60 bits per heavy atom. The lowest BCUT2D eigenvalue weighted by molar-refractivity contribution is 0.422. The van der Waals surface area contributed by atoms with E-state index in [0.717, 1.165) is 29.6 Å². The Morgan fingerprint density at radius 2 is 2.07 bits per heavy atom. The van der Waals surface area contributed by atoms with E-state index in [0.29, 0.717) is 0 Å². The zero-order chi connectivity index (χ0) is 11.3. The summed E-state index contributed by atoms with van der Waals surface area (Å²) in [5.74, 6) is 0. The van der Waals surface area contributed by atoms with Crippen molar-refractivity contribution in [1.82, 2.24) is 10.3 Å². The minimum Gasteiger partial charge on any atom is -0.312 e. The van der Waals surface area contributed by atoms with Crippen LogP contribution in [0.25, 0.3) is 0 Å². The number of aryl methyl sites for hydroxylation is 1. The summed E-state index contributed by atoms with van der Waals surface area (Å²) in [6.45, 7) is 7.60. The van der Waals surface area contributed by atoms with E-state index in [1.54, 1.807) is 0 Å². The molecule has 0 aliphatic carbocycles. The molecule has 0 fully saturated rings. The number of aromatic nitrogens is 1. The molecule has 1 aromatic heterocycles. The second kappa shape index (κ2) is 5.61. The van der Waals surface area contributed by atoms with Crippen LogP contribution in [0.4, 0.5) is 0 Å². The van der Waals surface area contributed by atoms with Crippen molar-refractivity contribution in [3.05, 3.63) is 28.5 Å². The summed E-state index contributed by atoms with van der Waals surface area (Å²) >= 11 is 3.38. The number of pyridine rings is 1. The van der Waals surface area contributed by atoms with Gasteiger partial charge >= 0.3 is 0 Å². The van der Waals surface area contributed by atoms with Gasteiger partial charge in [-0.15, -0.1) is 0 Å². The smallest absolute Gasteiger partial charge is 0.0413 e. The Hall–Kier alpha value is -0.410. The van der Waals surface area contributed by atoms with Gasteiger partial charge in [-0.2, -0.15) is 0 Å². The molecule has 1 aromatic rings. The van der Waals surface area contributed by atoms with Crippen molar-refractivity contribution in [2.75, 3.05) is 6.54 Å². The molecule has 0 bridgehead atoms. The number of hydrogen-bond acceptors (Lipinski definition) is 2. The molecule has 0 spiro atoms. The predicted octanol–water partition coefficient (Wildman–Crippen LogP) is 3.16. The highest BCUT2D eigenvalue weighted by atomic mass is 79.9. The average molecular weight is 271 g/mol.